The van der Waals surface area contributed by atoms with E-state index < -0.39 is 0 Å². The van der Waals surface area contributed by atoms with Crippen LogP contribution in [0.1, 0.15) is 43.4 Å². The van der Waals surface area contributed by atoms with Crippen LogP contribution in [-0.4, -0.2) is 4.98 Å². The summed E-state index contributed by atoms with van der Waals surface area (Å²) in [7, 11) is 0. The van der Waals surface area contributed by atoms with Crippen LogP contribution in [0, 0.1) is 6.92 Å². The lowest BCUT2D eigenvalue weighted by molar-refractivity contribution is 0.302. The Hall–Kier alpha value is -0.890. The van der Waals surface area contributed by atoms with E-state index >= 15 is 0 Å². The zero-order valence-electron chi connectivity index (χ0n) is 8.79. The highest BCUT2D eigenvalue weighted by Gasteiger charge is 2.29. The summed E-state index contributed by atoms with van der Waals surface area (Å²) in [6.45, 7) is 2.02. The smallest absolute Gasteiger partial charge is 0.0410 e. The molecule has 0 aliphatic heterocycles. The van der Waals surface area contributed by atoms with Gasteiger partial charge in [-0.3, -0.25) is 4.98 Å². The van der Waals surface area contributed by atoms with Crippen molar-refractivity contribution < 1.29 is 0 Å². The van der Waals surface area contributed by atoms with Crippen molar-refractivity contribution >= 4 is 0 Å². The highest BCUT2D eigenvalue weighted by atomic mass is 14.8. The minimum absolute atomic E-state index is 0.0774. The van der Waals surface area contributed by atoms with Gasteiger partial charge in [-0.1, -0.05) is 19.3 Å². The summed E-state index contributed by atoms with van der Waals surface area (Å²) in [5.74, 6) is 0. The van der Waals surface area contributed by atoms with Crippen LogP contribution in [-0.2, 0) is 5.54 Å². The molecule has 1 saturated carbocycles. The van der Waals surface area contributed by atoms with Crippen LogP contribution in [0.25, 0.3) is 0 Å². The lowest BCUT2D eigenvalue weighted by Crippen LogP contribution is -2.38. The van der Waals surface area contributed by atoms with Gasteiger partial charge < -0.3 is 5.73 Å². The molecule has 2 rings (SSSR count). The molecule has 0 amide bonds. The first-order valence-corrected chi connectivity index (χ1v) is 5.43. The van der Waals surface area contributed by atoms with Crippen LogP contribution in [0.3, 0.4) is 0 Å². The maximum Gasteiger partial charge on any atom is 0.0410 e. The predicted octanol–water partition coefficient (Wildman–Crippen LogP) is 2.51. The van der Waals surface area contributed by atoms with Gasteiger partial charge in [0.15, 0.2) is 0 Å². The van der Waals surface area contributed by atoms with Crippen molar-refractivity contribution in [2.24, 2.45) is 5.73 Å². The third-order valence-corrected chi connectivity index (χ3v) is 3.22. The third kappa shape index (κ3) is 1.80. The Labute approximate surface area is 85.5 Å². The van der Waals surface area contributed by atoms with Crippen LogP contribution in [0.2, 0.25) is 0 Å². The number of aromatic nitrogens is 1. The lowest BCUT2D eigenvalue weighted by atomic mass is 9.78. The number of hydrogen-bond acceptors (Lipinski definition) is 2. The average molecular weight is 190 g/mol. The minimum atomic E-state index is -0.0774. The van der Waals surface area contributed by atoms with Crippen molar-refractivity contribution in [3.8, 4) is 0 Å². The number of rotatable bonds is 1. The predicted molar refractivity (Wildman–Crippen MR) is 57.9 cm³/mol. The molecule has 0 bridgehead atoms. The first kappa shape index (κ1) is 9.66. The molecule has 76 valence electrons. The Morgan fingerprint density at radius 3 is 2.64 bits per heavy atom. The Bertz CT molecular complexity index is 314. The van der Waals surface area contributed by atoms with Gasteiger partial charge in [-0.2, -0.15) is 0 Å². The number of nitrogens with zero attached hydrogens (tertiary/aromatic N) is 1. The molecule has 1 fully saturated rings. The quantitative estimate of drug-likeness (QED) is 0.739. The lowest BCUT2D eigenvalue weighted by Gasteiger charge is -2.34. The van der Waals surface area contributed by atoms with Crippen LogP contribution in [0.5, 0.6) is 0 Å². The summed E-state index contributed by atoms with van der Waals surface area (Å²) in [6, 6.07) is 4.20. The third-order valence-electron chi connectivity index (χ3n) is 3.22. The van der Waals surface area contributed by atoms with Gasteiger partial charge in [-0.15, -0.1) is 0 Å². The van der Waals surface area contributed by atoms with Gasteiger partial charge in [0.1, 0.15) is 0 Å². The van der Waals surface area contributed by atoms with Crippen molar-refractivity contribution in [2.45, 2.75) is 44.6 Å². The average Bonchev–Trinajstić information content (AvgIpc) is 2.19. The van der Waals surface area contributed by atoms with Crippen LogP contribution < -0.4 is 5.73 Å². The molecule has 0 saturated heterocycles. The summed E-state index contributed by atoms with van der Waals surface area (Å²) in [6.07, 6.45) is 7.97. The molecule has 0 atom stereocenters. The minimum Gasteiger partial charge on any atom is -0.321 e. The van der Waals surface area contributed by atoms with E-state index in [9.17, 15) is 0 Å². The molecule has 0 radical (unpaired) electrons. The molecule has 1 aromatic heterocycles. The Morgan fingerprint density at radius 1 is 1.29 bits per heavy atom. The monoisotopic (exact) mass is 190 g/mol. The van der Waals surface area contributed by atoms with Gasteiger partial charge in [0.25, 0.3) is 0 Å². The van der Waals surface area contributed by atoms with E-state index in [2.05, 4.69) is 17.1 Å². The molecular weight excluding hydrogens is 172 g/mol. The molecule has 1 aromatic rings. The second-order valence-electron chi connectivity index (χ2n) is 4.40. The van der Waals surface area contributed by atoms with Crippen molar-refractivity contribution in [1.82, 2.24) is 4.98 Å². The molecule has 2 nitrogen and oxygen atoms in total. The fourth-order valence-electron chi connectivity index (χ4n) is 2.33. The highest BCUT2D eigenvalue weighted by Crippen LogP contribution is 2.34. The van der Waals surface area contributed by atoms with Crippen molar-refractivity contribution in [3.05, 3.63) is 29.6 Å². The molecule has 2 N–H and O–H groups in total. The summed E-state index contributed by atoms with van der Waals surface area (Å²) in [5, 5.41) is 0. The zero-order chi connectivity index (χ0) is 10.0. The molecule has 1 heterocycles. The second-order valence-corrected chi connectivity index (χ2v) is 4.40. The van der Waals surface area contributed by atoms with Crippen LogP contribution >= 0.6 is 0 Å². The molecule has 0 unspecified atom stereocenters. The van der Waals surface area contributed by atoms with E-state index in [4.69, 9.17) is 5.73 Å². The number of nitrogens with two attached hydrogens (primary N) is 1. The topological polar surface area (TPSA) is 38.9 Å². The summed E-state index contributed by atoms with van der Waals surface area (Å²) in [4.78, 5) is 4.21. The van der Waals surface area contributed by atoms with Gasteiger partial charge in [-0.05, 0) is 37.5 Å². The maximum atomic E-state index is 6.42. The standard InChI is InChI=1S/C12H18N2/c1-10-9-11(5-8-14-10)12(13)6-3-2-4-7-12/h5,8-9H,2-4,6-7,13H2,1H3. The second kappa shape index (κ2) is 3.70. The van der Waals surface area contributed by atoms with Crippen molar-refractivity contribution in [2.75, 3.05) is 0 Å². The highest BCUT2D eigenvalue weighted by molar-refractivity contribution is 5.24. The van der Waals surface area contributed by atoms with Gasteiger partial charge >= 0.3 is 0 Å². The van der Waals surface area contributed by atoms with E-state index in [-0.39, 0.29) is 5.54 Å². The molecule has 1 aliphatic rings. The summed E-state index contributed by atoms with van der Waals surface area (Å²) < 4.78 is 0. The van der Waals surface area contributed by atoms with E-state index in [1.807, 2.05) is 13.1 Å². The molecule has 2 heteroatoms. The molecule has 0 aromatic carbocycles. The summed E-state index contributed by atoms with van der Waals surface area (Å²) >= 11 is 0. The molecule has 14 heavy (non-hydrogen) atoms. The van der Waals surface area contributed by atoms with Gasteiger partial charge in [0.05, 0.1) is 0 Å². The van der Waals surface area contributed by atoms with Crippen LogP contribution in [0.15, 0.2) is 18.3 Å². The number of pyridine rings is 1. The Kier molecular flexibility index (Phi) is 2.55. The van der Waals surface area contributed by atoms with Crippen LogP contribution in [0.4, 0.5) is 0 Å². The van der Waals surface area contributed by atoms with E-state index in [1.165, 1.54) is 24.8 Å². The molecule has 0 spiro atoms. The first-order valence-electron chi connectivity index (χ1n) is 5.43. The van der Waals surface area contributed by atoms with E-state index in [1.54, 1.807) is 0 Å². The van der Waals surface area contributed by atoms with Crippen molar-refractivity contribution in [1.29, 1.82) is 0 Å². The van der Waals surface area contributed by atoms with Crippen molar-refractivity contribution in [3.63, 3.8) is 0 Å². The summed E-state index contributed by atoms with van der Waals surface area (Å²) in [5.41, 5.74) is 8.68. The fraction of sp³-hybridized carbons (Fsp3) is 0.583. The first-order chi connectivity index (χ1) is 6.71. The largest absolute Gasteiger partial charge is 0.321 e. The molecular formula is C12H18N2. The molecule has 1 aliphatic carbocycles. The normalized spacial score (nSPS) is 20.7. The van der Waals surface area contributed by atoms with E-state index in [0.717, 1.165) is 18.5 Å². The SMILES string of the molecule is Cc1cc(C2(N)CCCCC2)ccn1. The van der Waals surface area contributed by atoms with Gasteiger partial charge in [0.2, 0.25) is 0 Å². The van der Waals surface area contributed by atoms with Gasteiger partial charge in [-0.25, -0.2) is 0 Å². The van der Waals surface area contributed by atoms with Gasteiger partial charge in [0, 0.05) is 17.4 Å². The number of hydrogen-bond donors (Lipinski definition) is 1. The fourth-order valence-corrected chi connectivity index (χ4v) is 2.33. The maximum absolute atomic E-state index is 6.42. The zero-order valence-corrected chi connectivity index (χ0v) is 8.79. The van der Waals surface area contributed by atoms with E-state index in [0.29, 0.717) is 0 Å². The Morgan fingerprint density at radius 2 is 2.00 bits per heavy atom. The Balaban J connectivity index is 2.28. The number of aryl methyl sites for hydroxylation is 1.